The lowest BCUT2D eigenvalue weighted by atomic mass is 10.2. The molecule has 4 N–H and O–H groups in total. The molecule has 0 aliphatic carbocycles. The van der Waals surface area contributed by atoms with Crippen molar-refractivity contribution in [1.29, 1.82) is 0 Å². The van der Waals surface area contributed by atoms with Crippen molar-refractivity contribution in [3.63, 3.8) is 0 Å². The molecule has 8 heteroatoms. The summed E-state index contributed by atoms with van der Waals surface area (Å²) in [5.41, 5.74) is 12.0. The molecule has 0 bridgehead atoms. The number of methoxy groups -OCH3 is 1. The van der Waals surface area contributed by atoms with E-state index in [0.29, 0.717) is 24.3 Å². The number of nitrogen functional groups attached to an aromatic ring is 1. The highest BCUT2D eigenvalue weighted by molar-refractivity contribution is 7.89. The first-order valence-corrected chi connectivity index (χ1v) is 8.05. The summed E-state index contributed by atoms with van der Waals surface area (Å²) in [6.07, 6.45) is 0.352. The maximum absolute atomic E-state index is 12.3. The van der Waals surface area contributed by atoms with Crippen LogP contribution in [-0.4, -0.2) is 44.6 Å². The van der Waals surface area contributed by atoms with Gasteiger partial charge in [-0.25, -0.2) is 8.42 Å². The van der Waals surface area contributed by atoms with E-state index < -0.39 is 15.9 Å². The van der Waals surface area contributed by atoms with Crippen molar-refractivity contribution < 1.29 is 17.9 Å². The topological polar surface area (TPSA) is 116 Å². The van der Waals surface area contributed by atoms with Crippen LogP contribution in [0.3, 0.4) is 0 Å². The van der Waals surface area contributed by atoms with Gasteiger partial charge in [-0.3, -0.25) is 4.79 Å². The van der Waals surface area contributed by atoms with Crippen LogP contribution < -0.4 is 11.5 Å². The number of carbonyl (C=O) groups excluding carboxylic acids is 1. The maximum Gasteiger partial charge on any atom is 0.232 e. The molecule has 0 atom stereocenters. The molecule has 1 rings (SSSR count). The van der Waals surface area contributed by atoms with Crippen LogP contribution in [0.5, 0.6) is 0 Å². The Bertz CT molecular complexity index is 575. The fourth-order valence-corrected chi connectivity index (χ4v) is 3.25. The van der Waals surface area contributed by atoms with E-state index in [1.54, 1.807) is 24.3 Å². The maximum atomic E-state index is 12.3. The Morgan fingerprint density at radius 2 is 2.10 bits per heavy atom. The van der Waals surface area contributed by atoms with Crippen LogP contribution in [-0.2, 0) is 26.1 Å². The van der Waals surface area contributed by atoms with Crippen LogP contribution in [0.2, 0.25) is 0 Å². The van der Waals surface area contributed by atoms with E-state index in [-0.39, 0.29) is 18.8 Å². The fourth-order valence-electron chi connectivity index (χ4n) is 1.84. The summed E-state index contributed by atoms with van der Waals surface area (Å²) >= 11 is 0. The molecule has 0 saturated carbocycles. The van der Waals surface area contributed by atoms with Gasteiger partial charge in [0.2, 0.25) is 15.9 Å². The molecule has 0 aromatic heterocycles. The quantitative estimate of drug-likeness (QED) is 0.488. The van der Waals surface area contributed by atoms with Gasteiger partial charge in [-0.15, -0.1) is 0 Å². The summed E-state index contributed by atoms with van der Waals surface area (Å²) in [5.74, 6) is -0.801. The first-order chi connectivity index (χ1) is 9.85. The molecule has 7 nitrogen and oxygen atoms in total. The van der Waals surface area contributed by atoms with Crippen molar-refractivity contribution in [1.82, 2.24) is 4.31 Å². The molecule has 0 heterocycles. The number of sulfonamides is 1. The zero-order chi connectivity index (χ0) is 15.9. The molecule has 118 valence electrons. The summed E-state index contributed by atoms with van der Waals surface area (Å²) < 4.78 is 30.4. The molecular formula is C13H21N3O4S. The summed E-state index contributed by atoms with van der Waals surface area (Å²) in [6.45, 7) is 0.0370. The van der Waals surface area contributed by atoms with Crippen LogP contribution in [0, 0.1) is 0 Å². The number of primary amides is 1. The standard InChI is InChI=1S/C13H21N3O4S/c1-20-6-3-7-21(18,19)16(10-13(15)17)9-11-4-2-5-12(14)8-11/h2,4-5,8H,3,6-7,9-10,14H2,1H3,(H2,15,17). The number of amides is 1. The second kappa shape index (κ2) is 7.96. The van der Waals surface area contributed by atoms with Crippen LogP contribution in [0.4, 0.5) is 5.69 Å². The average molecular weight is 315 g/mol. The van der Waals surface area contributed by atoms with Gasteiger partial charge in [0.05, 0.1) is 12.3 Å². The van der Waals surface area contributed by atoms with E-state index in [0.717, 1.165) is 4.31 Å². The van der Waals surface area contributed by atoms with Crippen LogP contribution in [0.25, 0.3) is 0 Å². The van der Waals surface area contributed by atoms with E-state index in [1.807, 2.05) is 0 Å². The molecule has 1 aromatic carbocycles. The van der Waals surface area contributed by atoms with Gasteiger partial charge in [-0.2, -0.15) is 4.31 Å². The Morgan fingerprint density at radius 1 is 1.38 bits per heavy atom. The van der Waals surface area contributed by atoms with E-state index in [4.69, 9.17) is 16.2 Å². The molecule has 0 unspecified atom stereocenters. The average Bonchev–Trinajstić information content (AvgIpc) is 2.37. The van der Waals surface area contributed by atoms with E-state index in [9.17, 15) is 13.2 Å². The molecule has 21 heavy (non-hydrogen) atoms. The SMILES string of the molecule is COCCCS(=O)(=O)N(CC(N)=O)Cc1cccc(N)c1. The number of nitrogens with zero attached hydrogens (tertiary/aromatic N) is 1. The smallest absolute Gasteiger partial charge is 0.232 e. The van der Waals surface area contributed by atoms with Gasteiger partial charge >= 0.3 is 0 Å². The number of benzene rings is 1. The second-order valence-electron chi connectivity index (χ2n) is 4.64. The predicted octanol–water partition coefficient (Wildman–Crippen LogP) is -0.0776. The zero-order valence-electron chi connectivity index (χ0n) is 12.0. The lowest BCUT2D eigenvalue weighted by molar-refractivity contribution is -0.118. The molecule has 0 aliphatic heterocycles. The minimum Gasteiger partial charge on any atom is -0.399 e. The van der Waals surface area contributed by atoms with Gasteiger partial charge in [-0.1, -0.05) is 12.1 Å². The summed E-state index contributed by atoms with van der Waals surface area (Å²) in [7, 11) is -2.09. The van der Waals surface area contributed by atoms with E-state index in [1.165, 1.54) is 7.11 Å². The highest BCUT2D eigenvalue weighted by Gasteiger charge is 2.23. The first-order valence-electron chi connectivity index (χ1n) is 6.44. The Labute approximate surface area is 124 Å². The number of ether oxygens (including phenoxy) is 1. The number of hydrogen-bond acceptors (Lipinski definition) is 5. The van der Waals surface area contributed by atoms with E-state index >= 15 is 0 Å². The zero-order valence-corrected chi connectivity index (χ0v) is 12.8. The van der Waals surface area contributed by atoms with Gasteiger partial charge in [0.25, 0.3) is 0 Å². The Hall–Kier alpha value is -1.64. The van der Waals surface area contributed by atoms with Crippen molar-refractivity contribution in [3.8, 4) is 0 Å². The van der Waals surface area contributed by atoms with Crippen LogP contribution in [0.15, 0.2) is 24.3 Å². The van der Waals surface area contributed by atoms with Crippen molar-refractivity contribution in [2.75, 3.05) is 31.7 Å². The second-order valence-corrected chi connectivity index (χ2v) is 6.73. The molecule has 0 spiro atoms. The number of rotatable bonds is 9. The first kappa shape index (κ1) is 17.4. The Balaban J connectivity index is 2.86. The molecule has 1 aromatic rings. The molecule has 0 saturated heterocycles. The van der Waals surface area contributed by atoms with Crippen molar-refractivity contribution in [3.05, 3.63) is 29.8 Å². The van der Waals surface area contributed by atoms with Gasteiger partial charge in [0.15, 0.2) is 0 Å². The summed E-state index contributed by atoms with van der Waals surface area (Å²) in [6, 6.07) is 6.84. The lowest BCUT2D eigenvalue weighted by Gasteiger charge is -2.21. The largest absolute Gasteiger partial charge is 0.399 e. The monoisotopic (exact) mass is 315 g/mol. The summed E-state index contributed by atoms with van der Waals surface area (Å²) in [5, 5.41) is 0. The Morgan fingerprint density at radius 3 is 2.67 bits per heavy atom. The van der Waals surface area contributed by atoms with Crippen molar-refractivity contribution >= 4 is 21.6 Å². The highest BCUT2D eigenvalue weighted by atomic mass is 32.2. The predicted molar refractivity (Wildman–Crippen MR) is 80.7 cm³/mol. The Kier molecular flexibility index (Phi) is 6.60. The minimum absolute atomic E-state index is 0.0588. The number of carbonyl (C=O) groups is 1. The molecule has 0 aliphatic rings. The van der Waals surface area contributed by atoms with Gasteiger partial charge in [-0.05, 0) is 24.1 Å². The van der Waals surface area contributed by atoms with Crippen molar-refractivity contribution in [2.24, 2.45) is 5.73 Å². The normalized spacial score (nSPS) is 11.7. The fraction of sp³-hybridized carbons (Fsp3) is 0.462. The third-order valence-corrected chi connectivity index (χ3v) is 4.64. The minimum atomic E-state index is -3.59. The van der Waals surface area contributed by atoms with Crippen molar-refractivity contribution in [2.45, 2.75) is 13.0 Å². The summed E-state index contributed by atoms with van der Waals surface area (Å²) in [4.78, 5) is 11.1. The van der Waals surface area contributed by atoms with Crippen LogP contribution >= 0.6 is 0 Å². The molecule has 1 amide bonds. The van der Waals surface area contributed by atoms with Gasteiger partial charge in [0.1, 0.15) is 0 Å². The van der Waals surface area contributed by atoms with Gasteiger partial charge in [0, 0.05) is 25.9 Å². The number of anilines is 1. The molecule has 0 radical (unpaired) electrons. The third-order valence-electron chi connectivity index (χ3n) is 2.79. The molecule has 0 fully saturated rings. The number of nitrogens with two attached hydrogens (primary N) is 2. The van der Waals surface area contributed by atoms with E-state index in [2.05, 4.69) is 0 Å². The highest BCUT2D eigenvalue weighted by Crippen LogP contribution is 2.13. The number of hydrogen-bond donors (Lipinski definition) is 2. The molecular weight excluding hydrogens is 294 g/mol. The van der Waals surface area contributed by atoms with Gasteiger partial charge < -0.3 is 16.2 Å². The third kappa shape index (κ3) is 6.11. The van der Waals surface area contributed by atoms with Crippen LogP contribution in [0.1, 0.15) is 12.0 Å². The lowest BCUT2D eigenvalue weighted by Crippen LogP contribution is -2.39.